The number of benzene rings is 1. The third-order valence-electron chi connectivity index (χ3n) is 9.50. The van der Waals surface area contributed by atoms with Gasteiger partial charge in [-0.05, 0) is 80.8 Å². The highest BCUT2D eigenvalue weighted by Gasteiger charge is 2.63. The van der Waals surface area contributed by atoms with Crippen molar-refractivity contribution in [3.8, 4) is 5.75 Å². The Balaban J connectivity index is 1.26. The number of alkyl halides is 2. The van der Waals surface area contributed by atoms with Gasteiger partial charge in [0.2, 0.25) is 0 Å². The topological polar surface area (TPSA) is 50.2 Å². The van der Waals surface area contributed by atoms with Gasteiger partial charge in [-0.2, -0.15) is 0 Å². The van der Waals surface area contributed by atoms with E-state index in [4.69, 9.17) is 0 Å². The zero-order chi connectivity index (χ0) is 22.8. The Labute approximate surface area is 195 Å². The maximum absolute atomic E-state index is 13.6. The summed E-state index contributed by atoms with van der Waals surface area (Å²) in [5.74, 6) is -1.49. The minimum absolute atomic E-state index is 0.0331. The molecular weight excluding hydrogens is 424 g/mol. The van der Waals surface area contributed by atoms with Crippen LogP contribution in [0.4, 0.5) is 8.78 Å². The molecule has 1 aromatic carbocycles. The van der Waals surface area contributed by atoms with E-state index in [2.05, 4.69) is 15.9 Å². The molecule has 0 aromatic heterocycles. The molecule has 33 heavy (non-hydrogen) atoms. The largest absolute Gasteiger partial charge is 0.508 e. The van der Waals surface area contributed by atoms with Gasteiger partial charge in [0.15, 0.2) is 0 Å². The number of halogens is 2. The Hall–Kier alpha value is -1.28. The van der Waals surface area contributed by atoms with Crippen molar-refractivity contribution in [3.63, 3.8) is 0 Å². The predicted octanol–water partition coefficient (Wildman–Crippen LogP) is 2.84. The number of piperidine rings is 1. The molecule has 3 aliphatic heterocycles. The van der Waals surface area contributed by atoms with Gasteiger partial charge in [0.05, 0.1) is 12.1 Å². The highest BCUT2D eigenvalue weighted by atomic mass is 19.3. The van der Waals surface area contributed by atoms with Gasteiger partial charge in [-0.1, -0.05) is 6.07 Å². The number of fused-ring (bicyclic) bond motifs is 1. The first-order valence-electron chi connectivity index (χ1n) is 12.9. The van der Waals surface area contributed by atoms with Crippen molar-refractivity contribution in [3.05, 3.63) is 29.3 Å². The molecule has 3 saturated heterocycles. The van der Waals surface area contributed by atoms with Gasteiger partial charge in [0, 0.05) is 50.6 Å². The summed E-state index contributed by atoms with van der Waals surface area (Å²) in [5.41, 5.74) is 1.25. The quantitative estimate of drug-likeness (QED) is 0.706. The minimum atomic E-state index is -2.55. The molecule has 2 aliphatic carbocycles. The van der Waals surface area contributed by atoms with Crippen LogP contribution in [0, 0.1) is 5.92 Å². The molecule has 4 fully saturated rings. The number of rotatable bonds is 5. The van der Waals surface area contributed by atoms with Gasteiger partial charge in [0.25, 0.3) is 5.92 Å². The second-order valence-electron chi connectivity index (χ2n) is 11.5. The lowest BCUT2D eigenvalue weighted by atomic mass is 9.52. The molecule has 6 rings (SSSR count). The maximum atomic E-state index is 13.6. The van der Waals surface area contributed by atoms with E-state index in [1.807, 2.05) is 11.0 Å². The van der Waals surface area contributed by atoms with Crippen molar-refractivity contribution in [2.75, 3.05) is 52.4 Å². The number of hydrogen-bond donors (Lipinski definition) is 2. The molecule has 3 heterocycles. The van der Waals surface area contributed by atoms with Crippen LogP contribution >= 0.6 is 0 Å². The van der Waals surface area contributed by atoms with Crippen molar-refractivity contribution in [2.45, 2.75) is 67.9 Å². The zero-order valence-corrected chi connectivity index (χ0v) is 19.5. The smallest absolute Gasteiger partial charge is 0.261 e. The van der Waals surface area contributed by atoms with Crippen molar-refractivity contribution in [1.29, 1.82) is 0 Å². The van der Waals surface area contributed by atoms with Crippen molar-refractivity contribution in [2.24, 2.45) is 5.92 Å². The van der Waals surface area contributed by atoms with E-state index in [0.29, 0.717) is 19.5 Å². The molecule has 0 radical (unpaired) electrons. The second kappa shape index (κ2) is 7.87. The van der Waals surface area contributed by atoms with E-state index in [1.54, 1.807) is 6.07 Å². The van der Waals surface area contributed by atoms with Crippen LogP contribution in [0.5, 0.6) is 5.75 Å². The molecule has 5 nitrogen and oxygen atoms in total. The van der Waals surface area contributed by atoms with E-state index in [9.17, 15) is 19.0 Å². The number of hydrogen-bond acceptors (Lipinski definition) is 5. The summed E-state index contributed by atoms with van der Waals surface area (Å²) in [5, 5.41) is 22.8. The average Bonchev–Trinajstić information content (AvgIpc) is 3.54. The van der Waals surface area contributed by atoms with E-state index in [-0.39, 0.29) is 30.2 Å². The number of phenolic OH excluding ortho intramolecular Hbond substituents is 1. The molecular formula is C26H37F2N3O2. The molecule has 0 spiro atoms. The van der Waals surface area contributed by atoms with Crippen LogP contribution in [0.3, 0.4) is 0 Å². The van der Waals surface area contributed by atoms with Crippen molar-refractivity contribution >= 4 is 0 Å². The maximum Gasteiger partial charge on any atom is 0.261 e. The standard InChI is InChI=1S/C26H37F2N3O2/c27-25(28)7-10-30(18-25)14-13-29-9-5-24-6-12-31(17-19-1-2-19)23(26(24,33)8-11-29)15-20-3-4-21(32)16-22(20)24/h3-4,16,19,23,32-33H,1-2,5-15,17-18H2. The van der Waals surface area contributed by atoms with Gasteiger partial charge >= 0.3 is 0 Å². The van der Waals surface area contributed by atoms with Gasteiger partial charge in [-0.25, -0.2) is 8.78 Å². The molecule has 0 amide bonds. The van der Waals surface area contributed by atoms with Gasteiger partial charge < -0.3 is 15.1 Å². The highest BCUT2D eigenvalue weighted by molar-refractivity contribution is 5.48. The lowest BCUT2D eigenvalue weighted by Gasteiger charge is -2.61. The first-order valence-corrected chi connectivity index (χ1v) is 12.9. The molecule has 2 N–H and O–H groups in total. The summed E-state index contributed by atoms with van der Waals surface area (Å²) >= 11 is 0. The Bertz CT molecular complexity index is 910. The number of likely N-dealkylation sites (tertiary alicyclic amines) is 3. The fourth-order valence-electron chi connectivity index (χ4n) is 7.42. The van der Waals surface area contributed by atoms with E-state index >= 15 is 0 Å². The predicted molar refractivity (Wildman–Crippen MR) is 123 cm³/mol. The molecule has 1 aromatic rings. The fraction of sp³-hybridized carbons (Fsp3) is 0.769. The van der Waals surface area contributed by atoms with Gasteiger partial charge in [-0.3, -0.25) is 9.80 Å². The van der Waals surface area contributed by atoms with Crippen LogP contribution in [0.1, 0.15) is 49.7 Å². The first-order chi connectivity index (χ1) is 15.8. The third kappa shape index (κ3) is 3.79. The molecule has 182 valence electrons. The fourth-order valence-corrected chi connectivity index (χ4v) is 7.42. The minimum Gasteiger partial charge on any atom is -0.508 e. The number of nitrogens with zero attached hydrogens (tertiary/aromatic N) is 3. The summed E-state index contributed by atoms with van der Waals surface area (Å²) in [6, 6.07) is 5.88. The molecule has 1 saturated carbocycles. The van der Waals surface area contributed by atoms with Crippen LogP contribution < -0.4 is 0 Å². The first kappa shape index (κ1) is 22.2. The van der Waals surface area contributed by atoms with Gasteiger partial charge in [-0.15, -0.1) is 0 Å². The summed E-state index contributed by atoms with van der Waals surface area (Å²) in [4.78, 5) is 6.83. The Kier molecular flexibility index (Phi) is 5.29. The summed E-state index contributed by atoms with van der Waals surface area (Å²) < 4.78 is 27.2. The molecule has 3 atom stereocenters. The van der Waals surface area contributed by atoms with Crippen LogP contribution in [0.25, 0.3) is 0 Å². The van der Waals surface area contributed by atoms with Crippen LogP contribution in [-0.4, -0.2) is 94.8 Å². The molecule has 5 aliphatic rings. The molecule has 3 unspecified atom stereocenters. The highest BCUT2D eigenvalue weighted by Crippen LogP contribution is 2.56. The summed E-state index contributed by atoms with van der Waals surface area (Å²) in [7, 11) is 0. The average molecular weight is 462 g/mol. The van der Waals surface area contributed by atoms with Gasteiger partial charge in [0.1, 0.15) is 5.75 Å². The second-order valence-corrected chi connectivity index (χ2v) is 11.5. The number of aliphatic hydroxyl groups is 1. The SMILES string of the molecule is Oc1ccc2c(c1)C13CCN(CCN4CCC(F)(F)C4)CCC1(O)C(C2)N(CC1CC1)CC3. The normalized spacial score (nSPS) is 36.9. The van der Waals surface area contributed by atoms with Crippen LogP contribution in [0.15, 0.2) is 18.2 Å². The molecule has 7 heteroatoms. The lowest BCUT2D eigenvalue weighted by Crippen LogP contribution is -2.71. The summed E-state index contributed by atoms with van der Waals surface area (Å²) in [6.45, 7) is 5.52. The van der Waals surface area contributed by atoms with E-state index < -0.39 is 11.5 Å². The van der Waals surface area contributed by atoms with Crippen LogP contribution in [-0.2, 0) is 11.8 Å². The Morgan fingerprint density at radius 3 is 2.42 bits per heavy atom. The van der Waals surface area contributed by atoms with E-state index in [1.165, 1.54) is 18.4 Å². The number of aromatic hydroxyl groups is 1. The van der Waals surface area contributed by atoms with Crippen molar-refractivity contribution in [1.82, 2.24) is 14.7 Å². The number of phenols is 1. The Morgan fingerprint density at radius 2 is 1.67 bits per heavy atom. The Morgan fingerprint density at radius 1 is 0.939 bits per heavy atom. The monoisotopic (exact) mass is 461 g/mol. The van der Waals surface area contributed by atoms with Crippen LogP contribution in [0.2, 0.25) is 0 Å². The zero-order valence-electron chi connectivity index (χ0n) is 19.5. The molecule has 2 bridgehead atoms. The third-order valence-corrected chi connectivity index (χ3v) is 9.50. The van der Waals surface area contributed by atoms with E-state index in [0.717, 1.165) is 63.5 Å². The summed E-state index contributed by atoms with van der Waals surface area (Å²) in [6.07, 6.45) is 5.88. The lowest BCUT2D eigenvalue weighted by molar-refractivity contribution is -0.149. The van der Waals surface area contributed by atoms with Crippen molar-refractivity contribution < 1.29 is 19.0 Å².